The van der Waals surface area contributed by atoms with Crippen LogP contribution in [-0.2, 0) is 4.79 Å². The second-order valence-electron chi connectivity index (χ2n) is 8.23. The Morgan fingerprint density at radius 3 is 2.22 bits per heavy atom. The number of amides is 3. The summed E-state index contributed by atoms with van der Waals surface area (Å²) in [4.78, 5) is 28.6. The van der Waals surface area contributed by atoms with Crippen LogP contribution >= 0.6 is 0 Å². The average molecular weight is 372 g/mol. The monoisotopic (exact) mass is 371 g/mol. The molecule has 0 bridgehead atoms. The fourth-order valence-corrected chi connectivity index (χ4v) is 4.49. The van der Waals surface area contributed by atoms with Crippen LogP contribution in [0.1, 0.15) is 56.6 Å². The van der Waals surface area contributed by atoms with Crippen LogP contribution in [0.3, 0.4) is 0 Å². The van der Waals surface area contributed by atoms with E-state index in [0.717, 1.165) is 12.8 Å². The highest BCUT2D eigenvalue weighted by molar-refractivity contribution is 5.80. The largest absolute Gasteiger partial charge is 0.349 e. The zero-order valence-electron chi connectivity index (χ0n) is 16.7. The van der Waals surface area contributed by atoms with Crippen LogP contribution in [0.4, 0.5) is 4.79 Å². The minimum atomic E-state index is 0.00557. The van der Waals surface area contributed by atoms with Crippen LogP contribution in [0.5, 0.6) is 0 Å². The van der Waals surface area contributed by atoms with E-state index in [9.17, 15) is 9.59 Å². The van der Waals surface area contributed by atoms with E-state index in [4.69, 9.17) is 0 Å². The van der Waals surface area contributed by atoms with Crippen molar-refractivity contribution >= 4 is 11.9 Å². The molecule has 3 amide bonds. The minimum absolute atomic E-state index is 0.00557. The fraction of sp³-hybridized carbons (Fsp3) is 0.636. The first-order valence-corrected chi connectivity index (χ1v) is 10.4. The number of benzene rings is 1. The normalized spacial score (nSPS) is 20.1. The number of carbonyl (C=O) groups excluding carboxylic acids is 2. The van der Waals surface area contributed by atoms with E-state index in [1.54, 1.807) is 19.0 Å². The summed E-state index contributed by atoms with van der Waals surface area (Å²) in [6, 6.07) is 10.6. The van der Waals surface area contributed by atoms with Crippen LogP contribution in [0.15, 0.2) is 30.3 Å². The molecule has 1 aromatic carbocycles. The van der Waals surface area contributed by atoms with Gasteiger partial charge < -0.3 is 15.1 Å². The topological polar surface area (TPSA) is 52.7 Å². The van der Waals surface area contributed by atoms with Crippen molar-refractivity contribution in [2.75, 3.05) is 27.2 Å². The minimum Gasteiger partial charge on any atom is -0.349 e. The lowest BCUT2D eigenvalue weighted by atomic mass is 9.80. The van der Waals surface area contributed by atoms with Gasteiger partial charge in [0.1, 0.15) is 0 Å². The van der Waals surface area contributed by atoms with Crippen LogP contribution in [-0.4, -0.2) is 48.9 Å². The Labute approximate surface area is 163 Å². The standard InChI is InChI=1S/C22H33N3O2/c1-24(2)22(27)25-15-13-19(14-16-25)21(26)23-20(17-9-5-3-6-10-17)18-11-7-4-8-12-18/h3,5-6,9-10,18-20H,4,7-8,11-16H2,1-2H3,(H,23,26)/t20-/m0/s1. The molecule has 2 aliphatic rings. The maximum absolute atomic E-state index is 13.0. The Kier molecular flexibility index (Phi) is 6.75. The van der Waals surface area contributed by atoms with Crippen LogP contribution in [0, 0.1) is 11.8 Å². The maximum atomic E-state index is 13.0. The summed E-state index contributed by atoms with van der Waals surface area (Å²) in [5.74, 6) is 0.693. The van der Waals surface area contributed by atoms with Gasteiger partial charge in [-0.05, 0) is 37.2 Å². The highest BCUT2D eigenvalue weighted by atomic mass is 16.2. The molecule has 3 rings (SSSR count). The molecular weight excluding hydrogens is 338 g/mol. The average Bonchev–Trinajstić information content (AvgIpc) is 2.72. The van der Waals surface area contributed by atoms with Crippen LogP contribution < -0.4 is 5.32 Å². The van der Waals surface area contributed by atoms with Gasteiger partial charge in [-0.25, -0.2) is 4.79 Å². The Morgan fingerprint density at radius 1 is 1.00 bits per heavy atom. The van der Waals surface area contributed by atoms with Gasteiger partial charge >= 0.3 is 6.03 Å². The molecule has 2 fully saturated rings. The van der Waals surface area contributed by atoms with Crippen LogP contribution in [0.2, 0.25) is 0 Å². The number of carbonyl (C=O) groups is 2. The molecule has 1 aliphatic heterocycles. The number of urea groups is 1. The Hall–Kier alpha value is -2.04. The van der Waals surface area contributed by atoms with Gasteiger partial charge in [0, 0.05) is 33.1 Å². The van der Waals surface area contributed by atoms with Crippen molar-refractivity contribution in [2.24, 2.45) is 11.8 Å². The zero-order valence-corrected chi connectivity index (χ0v) is 16.7. The molecule has 0 aromatic heterocycles. The van der Waals surface area contributed by atoms with Crippen molar-refractivity contribution in [3.05, 3.63) is 35.9 Å². The zero-order chi connectivity index (χ0) is 19.2. The Balaban J connectivity index is 1.62. The third kappa shape index (κ3) is 5.02. The van der Waals surface area contributed by atoms with E-state index in [0.29, 0.717) is 19.0 Å². The smallest absolute Gasteiger partial charge is 0.319 e. The van der Waals surface area contributed by atoms with Gasteiger partial charge in [0.2, 0.25) is 5.91 Å². The molecular formula is C22H33N3O2. The van der Waals surface area contributed by atoms with Gasteiger partial charge in [-0.15, -0.1) is 0 Å². The summed E-state index contributed by atoms with van der Waals surface area (Å²) < 4.78 is 0. The summed E-state index contributed by atoms with van der Waals surface area (Å²) >= 11 is 0. The van der Waals surface area contributed by atoms with E-state index in [1.165, 1.54) is 37.7 Å². The Bertz CT molecular complexity index is 618. The molecule has 1 saturated carbocycles. The van der Waals surface area contributed by atoms with E-state index in [2.05, 4.69) is 29.6 Å². The van der Waals surface area contributed by atoms with Crippen molar-refractivity contribution in [3.63, 3.8) is 0 Å². The van der Waals surface area contributed by atoms with Gasteiger partial charge in [0.15, 0.2) is 0 Å². The molecule has 1 heterocycles. The van der Waals surface area contributed by atoms with Gasteiger partial charge in [0.05, 0.1) is 6.04 Å². The third-order valence-corrected chi connectivity index (χ3v) is 6.10. The molecule has 148 valence electrons. The van der Waals surface area contributed by atoms with Crippen molar-refractivity contribution in [2.45, 2.75) is 51.0 Å². The quantitative estimate of drug-likeness (QED) is 0.875. The lowest BCUT2D eigenvalue weighted by molar-refractivity contribution is -0.127. The van der Waals surface area contributed by atoms with Gasteiger partial charge in [-0.1, -0.05) is 49.6 Å². The number of nitrogens with zero attached hydrogens (tertiary/aromatic N) is 2. The second kappa shape index (κ2) is 9.25. The molecule has 27 heavy (non-hydrogen) atoms. The summed E-state index contributed by atoms with van der Waals surface area (Å²) in [6.07, 6.45) is 7.70. The first-order valence-electron chi connectivity index (χ1n) is 10.4. The maximum Gasteiger partial charge on any atom is 0.319 e. The van der Waals surface area contributed by atoms with Gasteiger partial charge in [0.25, 0.3) is 0 Å². The van der Waals surface area contributed by atoms with E-state index in [-0.39, 0.29) is 23.9 Å². The molecule has 5 nitrogen and oxygen atoms in total. The number of hydrogen-bond donors (Lipinski definition) is 1. The SMILES string of the molecule is CN(C)C(=O)N1CCC(C(=O)N[C@@H](c2ccccc2)C2CCCCC2)CC1. The highest BCUT2D eigenvalue weighted by Gasteiger charge is 2.32. The molecule has 0 radical (unpaired) electrons. The summed E-state index contributed by atoms with van der Waals surface area (Å²) in [5.41, 5.74) is 1.22. The first kappa shape index (κ1) is 19.7. The van der Waals surface area contributed by atoms with Crippen molar-refractivity contribution in [1.29, 1.82) is 0 Å². The number of rotatable bonds is 4. The van der Waals surface area contributed by atoms with E-state index in [1.807, 2.05) is 11.0 Å². The van der Waals surface area contributed by atoms with Gasteiger partial charge in [-0.3, -0.25) is 4.79 Å². The molecule has 1 saturated heterocycles. The number of nitrogens with one attached hydrogen (secondary N) is 1. The van der Waals surface area contributed by atoms with Gasteiger partial charge in [-0.2, -0.15) is 0 Å². The third-order valence-electron chi connectivity index (χ3n) is 6.10. The second-order valence-corrected chi connectivity index (χ2v) is 8.23. The lowest BCUT2D eigenvalue weighted by Crippen LogP contribution is -2.47. The predicted molar refractivity (Wildman–Crippen MR) is 107 cm³/mol. The molecule has 1 aromatic rings. The molecule has 0 spiro atoms. The molecule has 1 N–H and O–H groups in total. The van der Waals surface area contributed by atoms with Crippen molar-refractivity contribution in [3.8, 4) is 0 Å². The number of piperidine rings is 1. The fourth-order valence-electron chi connectivity index (χ4n) is 4.49. The molecule has 5 heteroatoms. The van der Waals surface area contributed by atoms with E-state index >= 15 is 0 Å². The summed E-state index contributed by atoms with van der Waals surface area (Å²) in [6.45, 7) is 1.32. The van der Waals surface area contributed by atoms with Crippen LogP contribution in [0.25, 0.3) is 0 Å². The first-order chi connectivity index (χ1) is 13.1. The van der Waals surface area contributed by atoms with Crippen molar-refractivity contribution in [1.82, 2.24) is 15.1 Å². The molecule has 1 atom stereocenters. The number of likely N-dealkylation sites (tertiary alicyclic amines) is 1. The predicted octanol–water partition coefficient (Wildman–Crippen LogP) is 3.82. The lowest BCUT2D eigenvalue weighted by Gasteiger charge is -2.35. The molecule has 0 unspecified atom stereocenters. The molecule has 1 aliphatic carbocycles. The highest BCUT2D eigenvalue weighted by Crippen LogP contribution is 2.35. The van der Waals surface area contributed by atoms with Crippen molar-refractivity contribution < 1.29 is 9.59 Å². The summed E-state index contributed by atoms with van der Waals surface area (Å²) in [7, 11) is 3.55. The Morgan fingerprint density at radius 2 is 1.63 bits per heavy atom. The number of hydrogen-bond acceptors (Lipinski definition) is 2. The van der Waals surface area contributed by atoms with E-state index < -0.39 is 0 Å². The summed E-state index contributed by atoms with van der Waals surface area (Å²) in [5, 5.41) is 3.39.